The fraction of sp³-hybridized carbons (Fsp3) is 0.647. The molecule has 0 aromatic heterocycles. The Bertz CT molecular complexity index is 626. The van der Waals surface area contributed by atoms with E-state index in [1.165, 1.54) is 0 Å². The van der Waals surface area contributed by atoms with E-state index >= 15 is 0 Å². The molecule has 0 aliphatic heterocycles. The Hall–Kier alpha value is -0.730. The zero-order chi connectivity index (χ0) is 19.3. The van der Waals surface area contributed by atoms with Crippen LogP contribution in [0.3, 0.4) is 0 Å². The van der Waals surface area contributed by atoms with Crippen molar-refractivity contribution in [3.8, 4) is 0 Å². The highest BCUT2D eigenvalue weighted by Gasteiger charge is 2.42. The minimum atomic E-state index is -4.32. The SMILES string of the molecule is Bc1cc(C(B)(B)C(C)(C)C)c(C(C)(C)CC)c(B)c1C(F)(F)F. The van der Waals surface area contributed by atoms with Crippen LogP contribution in [0.5, 0.6) is 0 Å². The molecular weight excluding hydrogens is 304 g/mol. The van der Waals surface area contributed by atoms with Gasteiger partial charge in [0.05, 0.1) is 0 Å². The Morgan fingerprint density at radius 2 is 1.38 bits per heavy atom. The minimum absolute atomic E-state index is 0.0653. The third-order valence-electron chi connectivity index (χ3n) is 6.17. The molecule has 0 amide bonds. The summed E-state index contributed by atoms with van der Waals surface area (Å²) in [7, 11) is 7.51. The van der Waals surface area contributed by atoms with Crippen molar-refractivity contribution in [2.24, 2.45) is 5.41 Å². The first-order valence-corrected chi connectivity index (χ1v) is 8.70. The quantitative estimate of drug-likeness (QED) is 0.702. The van der Waals surface area contributed by atoms with Crippen LogP contribution in [0.2, 0.25) is 0 Å². The van der Waals surface area contributed by atoms with Crippen LogP contribution in [0.1, 0.15) is 64.7 Å². The molecule has 0 nitrogen and oxygen atoms in total. The molecule has 0 saturated carbocycles. The molecule has 0 unspecified atom stereocenters. The molecule has 1 aromatic rings. The normalized spacial score (nSPS) is 14.0. The van der Waals surface area contributed by atoms with Crippen molar-refractivity contribution in [3.63, 3.8) is 0 Å². The Morgan fingerprint density at radius 3 is 1.71 bits per heavy atom. The van der Waals surface area contributed by atoms with Crippen molar-refractivity contribution < 1.29 is 13.2 Å². The molecule has 130 valence electrons. The maximum Gasteiger partial charge on any atom is 0.415 e. The lowest BCUT2D eigenvalue weighted by molar-refractivity contribution is -0.135. The van der Waals surface area contributed by atoms with E-state index < -0.39 is 11.7 Å². The lowest BCUT2D eigenvalue weighted by atomic mass is 9.39. The van der Waals surface area contributed by atoms with Crippen LogP contribution in [-0.4, -0.2) is 31.4 Å². The highest BCUT2D eigenvalue weighted by Crippen LogP contribution is 2.42. The van der Waals surface area contributed by atoms with Crippen LogP contribution in [0.15, 0.2) is 6.07 Å². The van der Waals surface area contributed by atoms with Gasteiger partial charge in [0.1, 0.15) is 31.4 Å². The summed E-state index contributed by atoms with van der Waals surface area (Å²) in [5.74, 6) is 0. The first-order valence-electron chi connectivity index (χ1n) is 8.70. The zero-order valence-electron chi connectivity index (χ0n) is 16.9. The van der Waals surface area contributed by atoms with E-state index in [4.69, 9.17) is 0 Å². The van der Waals surface area contributed by atoms with Crippen LogP contribution in [-0.2, 0) is 16.8 Å². The molecule has 1 aromatic carbocycles. The second-order valence-corrected chi connectivity index (χ2v) is 9.23. The molecule has 1 rings (SSSR count). The topological polar surface area (TPSA) is 0 Å². The molecule has 0 fully saturated rings. The van der Waals surface area contributed by atoms with Crippen LogP contribution < -0.4 is 10.9 Å². The zero-order valence-corrected chi connectivity index (χ0v) is 16.9. The molecule has 24 heavy (non-hydrogen) atoms. The van der Waals surface area contributed by atoms with Gasteiger partial charge in [0.25, 0.3) is 0 Å². The second kappa shape index (κ2) is 6.21. The number of benzene rings is 1. The minimum Gasteiger partial charge on any atom is -0.166 e. The van der Waals surface area contributed by atoms with Gasteiger partial charge in [0, 0.05) is 5.56 Å². The molecule has 0 saturated heterocycles. The predicted molar refractivity (Wildman–Crippen MR) is 109 cm³/mol. The fourth-order valence-corrected chi connectivity index (χ4v) is 3.37. The van der Waals surface area contributed by atoms with Gasteiger partial charge in [-0.2, -0.15) is 13.2 Å². The maximum atomic E-state index is 13.6. The van der Waals surface area contributed by atoms with E-state index in [9.17, 15) is 13.2 Å². The van der Waals surface area contributed by atoms with Crippen molar-refractivity contribution in [2.75, 3.05) is 0 Å². The van der Waals surface area contributed by atoms with Gasteiger partial charge in [-0.1, -0.05) is 69.3 Å². The fourth-order valence-electron chi connectivity index (χ4n) is 3.37. The van der Waals surface area contributed by atoms with Crippen molar-refractivity contribution >= 4 is 42.3 Å². The van der Waals surface area contributed by atoms with Gasteiger partial charge in [-0.3, -0.25) is 0 Å². The van der Waals surface area contributed by atoms with Gasteiger partial charge in [0.2, 0.25) is 0 Å². The van der Waals surface area contributed by atoms with Gasteiger partial charge >= 0.3 is 6.18 Å². The van der Waals surface area contributed by atoms with Crippen LogP contribution in [0.4, 0.5) is 13.2 Å². The van der Waals surface area contributed by atoms with E-state index in [-0.39, 0.29) is 16.0 Å². The van der Waals surface area contributed by atoms with Crippen LogP contribution in [0.25, 0.3) is 0 Å². The first-order chi connectivity index (χ1) is 10.5. The average Bonchev–Trinajstić information content (AvgIpc) is 2.34. The van der Waals surface area contributed by atoms with E-state index in [1.54, 1.807) is 21.8 Å². The number of alkyl halides is 3. The average molecular weight is 334 g/mol. The van der Waals surface area contributed by atoms with E-state index in [2.05, 4.69) is 36.5 Å². The van der Waals surface area contributed by atoms with Crippen LogP contribution in [0, 0.1) is 5.41 Å². The van der Waals surface area contributed by atoms with Gasteiger partial charge in [-0.25, -0.2) is 0 Å². The summed E-state index contributed by atoms with van der Waals surface area (Å²) in [5, 5.41) is -0.242. The van der Waals surface area contributed by atoms with E-state index in [1.807, 2.05) is 20.8 Å². The molecule has 0 bridgehead atoms. The summed E-state index contributed by atoms with van der Waals surface area (Å²) in [4.78, 5) is 0. The number of rotatable bonds is 3. The highest BCUT2D eigenvalue weighted by molar-refractivity contribution is 6.44. The molecular formula is C17H29B4F3. The number of hydrogen-bond acceptors (Lipinski definition) is 0. The van der Waals surface area contributed by atoms with Crippen molar-refractivity contribution in [2.45, 2.75) is 64.8 Å². The van der Waals surface area contributed by atoms with Gasteiger partial charge in [-0.05, 0) is 22.8 Å². The molecule has 0 radical (unpaired) electrons. The Labute approximate surface area is 149 Å². The molecule has 0 N–H and O–H groups in total. The van der Waals surface area contributed by atoms with Crippen LogP contribution >= 0.6 is 0 Å². The van der Waals surface area contributed by atoms with Gasteiger partial charge in [0.15, 0.2) is 0 Å². The number of hydrogen-bond donors (Lipinski definition) is 0. The summed E-state index contributed by atoms with van der Waals surface area (Å²) in [5.41, 5.74) is 1.78. The Balaban J connectivity index is 4.00. The van der Waals surface area contributed by atoms with E-state index in [0.717, 1.165) is 17.5 Å². The lowest BCUT2D eigenvalue weighted by Gasteiger charge is -2.45. The largest absolute Gasteiger partial charge is 0.415 e. The molecule has 7 heteroatoms. The molecule has 0 aliphatic carbocycles. The van der Waals surface area contributed by atoms with Crippen molar-refractivity contribution in [3.05, 3.63) is 22.8 Å². The standard InChI is InChI=1S/C17H29B4F3/c1-7-15(5,6)11-9(16(20,21)14(2,3)4)8-10(18)12(13(11)19)17(22,23)24/h8H,7,18-21H2,1-6H3. The summed E-state index contributed by atoms with van der Waals surface area (Å²) in [6, 6.07) is 1.79. The maximum absolute atomic E-state index is 13.6. The second-order valence-electron chi connectivity index (χ2n) is 9.23. The smallest absolute Gasteiger partial charge is 0.166 e. The summed E-state index contributed by atoms with van der Waals surface area (Å²) < 4.78 is 40.9. The first kappa shape index (κ1) is 21.3. The van der Waals surface area contributed by atoms with E-state index in [0.29, 0.717) is 10.9 Å². The van der Waals surface area contributed by atoms with Crippen molar-refractivity contribution in [1.29, 1.82) is 0 Å². The lowest BCUT2D eigenvalue weighted by Crippen LogP contribution is -2.47. The predicted octanol–water partition coefficient (Wildman–Crippen LogP) is 0.375. The summed E-state index contributed by atoms with van der Waals surface area (Å²) in [6.45, 7) is 12.6. The monoisotopic (exact) mass is 334 g/mol. The summed E-state index contributed by atoms with van der Waals surface area (Å²) >= 11 is 0. The van der Waals surface area contributed by atoms with Crippen molar-refractivity contribution in [1.82, 2.24) is 0 Å². The molecule has 0 spiro atoms. The third kappa shape index (κ3) is 3.60. The molecule has 0 heterocycles. The third-order valence-corrected chi connectivity index (χ3v) is 6.17. The highest BCUT2D eigenvalue weighted by atomic mass is 19.4. The summed E-state index contributed by atoms with van der Waals surface area (Å²) in [6.07, 6.45) is -3.53. The Kier molecular flexibility index (Phi) is 5.52. The molecule has 0 aliphatic rings. The number of halogens is 3. The Morgan fingerprint density at radius 1 is 0.917 bits per heavy atom. The van der Waals surface area contributed by atoms with Gasteiger partial charge in [-0.15, -0.1) is 0 Å². The van der Waals surface area contributed by atoms with Gasteiger partial charge < -0.3 is 0 Å². The molecule has 0 atom stereocenters.